The van der Waals surface area contributed by atoms with Crippen molar-refractivity contribution < 1.29 is 37.6 Å². The third kappa shape index (κ3) is 14.8. The molecule has 1 amide bonds. The number of amides is 1. The van der Waals surface area contributed by atoms with E-state index in [9.17, 15) is 24.2 Å². The zero-order valence-electron chi connectivity index (χ0n) is 19.8. The number of phosphoric ester groups is 1. The van der Waals surface area contributed by atoms with Crippen LogP contribution in [-0.2, 0) is 29.6 Å². The summed E-state index contributed by atoms with van der Waals surface area (Å²) in [6, 6.07) is 0.691. The SMILES string of the molecule is C/C(=C\CCc1ccoc1)CCC(=O)N[C@H](CCOP(=O)(O)OCCCCC(C)C)C(=O)O. The minimum atomic E-state index is -4.25. The minimum absolute atomic E-state index is 0.0918. The molecular formula is C23H38NO8P. The van der Waals surface area contributed by atoms with E-state index in [1.165, 1.54) is 0 Å². The van der Waals surface area contributed by atoms with Crippen molar-refractivity contribution >= 4 is 19.7 Å². The molecule has 0 radical (unpaired) electrons. The van der Waals surface area contributed by atoms with Crippen LogP contribution >= 0.6 is 7.82 Å². The van der Waals surface area contributed by atoms with Gasteiger partial charge in [0.05, 0.1) is 25.7 Å². The maximum Gasteiger partial charge on any atom is 0.472 e. The van der Waals surface area contributed by atoms with E-state index in [2.05, 4.69) is 19.2 Å². The van der Waals surface area contributed by atoms with Crippen molar-refractivity contribution in [2.45, 2.75) is 78.2 Å². The molecule has 2 atom stereocenters. The van der Waals surface area contributed by atoms with E-state index in [1.807, 2.05) is 19.1 Å². The number of aliphatic carboxylic acids is 1. The fourth-order valence-electron chi connectivity index (χ4n) is 3.01. The smallest absolute Gasteiger partial charge is 0.472 e. The van der Waals surface area contributed by atoms with E-state index in [0.717, 1.165) is 36.8 Å². The number of carbonyl (C=O) groups excluding carboxylic acids is 1. The first-order chi connectivity index (χ1) is 15.6. The number of carboxylic acid groups (broad SMARTS) is 1. The molecule has 0 spiro atoms. The van der Waals surface area contributed by atoms with Crippen LogP contribution < -0.4 is 5.32 Å². The molecule has 9 nitrogen and oxygen atoms in total. The number of hydrogen-bond donors (Lipinski definition) is 3. The van der Waals surface area contributed by atoms with Crippen LogP contribution in [0.4, 0.5) is 0 Å². The second kappa shape index (κ2) is 15.8. The van der Waals surface area contributed by atoms with Gasteiger partial charge in [-0.2, -0.15) is 0 Å². The highest BCUT2D eigenvalue weighted by molar-refractivity contribution is 7.47. The highest BCUT2D eigenvalue weighted by Gasteiger charge is 2.24. The first-order valence-corrected chi connectivity index (χ1v) is 12.9. The number of carboxylic acids is 1. The number of phosphoric acid groups is 1. The van der Waals surface area contributed by atoms with Crippen LogP contribution in [0.25, 0.3) is 0 Å². The molecule has 10 heteroatoms. The summed E-state index contributed by atoms with van der Waals surface area (Å²) in [5.41, 5.74) is 2.14. The molecule has 1 unspecified atom stereocenters. The third-order valence-electron chi connectivity index (χ3n) is 4.98. The van der Waals surface area contributed by atoms with E-state index < -0.39 is 25.7 Å². The number of nitrogens with one attached hydrogen (secondary N) is 1. The number of allylic oxidation sites excluding steroid dienone is 2. The van der Waals surface area contributed by atoms with Crippen molar-refractivity contribution in [1.82, 2.24) is 5.32 Å². The van der Waals surface area contributed by atoms with Gasteiger partial charge in [-0.25, -0.2) is 9.36 Å². The normalized spacial score (nSPS) is 14.8. The Bertz CT molecular complexity index is 775. The number of unbranched alkanes of at least 4 members (excludes halogenated alkanes) is 1. The molecule has 0 fully saturated rings. The fraction of sp³-hybridized carbons (Fsp3) is 0.652. The van der Waals surface area contributed by atoms with Crippen LogP contribution in [0.5, 0.6) is 0 Å². The van der Waals surface area contributed by atoms with Gasteiger partial charge in [-0.05, 0) is 50.2 Å². The first kappa shape index (κ1) is 29.1. The molecule has 0 aliphatic rings. The highest BCUT2D eigenvalue weighted by Crippen LogP contribution is 2.43. The van der Waals surface area contributed by atoms with Crippen LogP contribution in [-0.4, -0.2) is 41.1 Å². The molecule has 1 rings (SSSR count). The van der Waals surface area contributed by atoms with Crippen molar-refractivity contribution in [2.75, 3.05) is 13.2 Å². The summed E-state index contributed by atoms with van der Waals surface area (Å²) in [6.07, 6.45) is 10.1. The Labute approximate surface area is 196 Å². The minimum Gasteiger partial charge on any atom is -0.480 e. The number of rotatable bonds is 18. The second-order valence-electron chi connectivity index (χ2n) is 8.49. The Hall–Kier alpha value is -1.93. The lowest BCUT2D eigenvalue weighted by Crippen LogP contribution is -2.41. The standard InChI is InChI=1S/C23H38NO8P/c1-18(2)7-4-5-14-31-33(28,29)32-16-13-21(23(26)27)24-22(25)11-10-19(3)8-6-9-20-12-15-30-17-20/h8,12,15,17-18,21H,4-7,9-11,13-14,16H2,1-3H3,(H,24,25)(H,26,27)(H,28,29)/b19-8+/t21-/m1/s1. The fourth-order valence-corrected chi connectivity index (χ4v) is 3.79. The molecular weight excluding hydrogens is 449 g/mol. The van der Waals surface area contributed by atoms with Crippen LogP contribution in [0.3, 0.4) is 0 Å². The van der Waals surface area contributed by atoms with E-state index in [-0.39, 0.29) is 26.1 Å². The molecule has 0 aliphatic carbocycles. The van der Waals surface area contributed by atoms with Gasteiger partial charge in [0.2, 0.25) is 5.91 Å². The lowest BCUT2D eigenvalue weighted by molar-refractivity contribution is -0.142. The lowest BCUT2D eigenvalue weighted by Gasteiger charge is -2.16. The summed E-state index contributed by atoms with van der Waals surface area (Å²) in [5, 5.41) is 11.8. The second-order valence-corrected chi connectivity index (χ2v) is 9.95. The van der Waals surface area contributed by atoms with Gasteiger partial charge in [-0.3, -0.25) is 13.8 Å². The summed E-state index contributed by atoms with van der Waals surface area (Å²) in [6.45, 7) is 5.88. The molecule has 188 valence electrons. The average molecular weight is 488 g/mol. The maximum atomic E-state index is 12.1. The van der Waals surface area contributed by atoms with E-state index in [0.29, 0.717) is 18.8 Å². The Morgan fingerprint density at radius 1 is 1.18 bits per heavy atom. The van der Waals surface area contributed by atoms with Gasteiger partial charge in [0.25, 0.3) is 0 Å². The molecule has 0 saturated carbocycles. The lowest BCUT2D eigenvalue weighted by atomic mass is 10.1. The van der Waals surface area contributed by atoms with Gasteiger partial charge < -0.3 is 19.7 Å². The molecule has 0 saturated heterocycles. The largest absolute Gasteiger partial charge is 0.480 e. The molecule has 0 bridgehead atoms. The Morgan fingerprint density at radius 3 is 2.55 bits per heavy atom. The summed E-state index contributed by atoms with van der Waals surface area (Å²) in [7, 11) is -4.25. The van der Waals surface area contributed by atoms with Crippen molar-refractivity contribution in [2.24, 2.45) is 5.92 Å². The zero-order valence-corrected chi connectivity index (χ0v) is 20.7. The Morgan fingerprint density at radius 2 is 1.91 bits per heavy atom. The molecule has 1 heterocycles. The predicted molar refractivity (Wildman–Crippen MR) is 125 cm³/mol. The molecule has 0 aliphatic heterocycles. The van der Waals surface area contributed by atoms with Crippen LogP contribution in [0.2, 0.25) is 0 Å². The van der Waals surface area contributed by atoms with Gasteiger partial charge in [-0.15, -0.1) is 0 Å². The third-order valence-corrected chi connectivity index (χ3v) is 5.99. The quantitative estimate of drug-likeness (QED) is 0.152. The summed E-state index contributed by atoms with van der Waals surface area (Å²) in [4.78, 5) is 33.3. The zero-order chi connectivity index (χ0) is 24.7. The Balaban J connectivity index is 2.29. The number of aryl methyl sites for hydroxylation is 1. The molecule has 1 aromatic rings. The highest BCUT2D eigenvalue weighted by atomic mass is 31.2. The van der Waals surface area contributed by atoms with E-state index >= 15 is 0 Å². The number of hydrogen-bond acceptors (Lipinski definition) is 6. The van der Waals surface area contributed by atoms with Gasteiger partial charge in [0.1, 0.15) is 6.04 Å². The summed E-state index contributed by atoms with van der Waals surface area (Å²) in [5.74, 6) is -1.08. The van der Waals surface area contributed by atoms with Crippen LogP contribution in [0.1, 0.15) is 71.3 Å². The number of furan rings is 1. The topological polar surface area (TPSA) is 135 Å². The maximum absolute atomic E-state index is 12.1. The molecule has 3 N–H and O–H groups in total. The molecule has 33 heavy (non-hydrogen) atoms. The van der Waals surface area contributed by atoms with Gasteiger partial charge in [0.15, 0.2) is 0 Å². The van der Waals surface area contributed by atoms with Crippen molar-refractivity contribution in [1.29, 1.82) is 0 Å². The molecule has 1 aromatic heterocycles. The van der Waals surface area contributed by atoms with Crippen molar-refractivity contribution in [3.05, 3.63) is 35.8 Å². The van der Waals surface area contributed by atoms with Gasteiger partial charge in [-0.1, -0.05) is 38.3 Å². The van der Waals surface area contributed by atoms with Crippen LogP contribution in [0.15, 0.2) is 34.7 Å². The van der Waals surface area contributed by atoms with E-state index in [1.54, 1.807) is 12.5 Å². The monoisotopic (exact) mass is 487 g/mol. The van der Waals surface area contributed by atoms with E-state index in [4.69, 9.17) is 13.5 Å². The Kier molecular flexibility index (Phi) is 14.0. The van der Waals surface area contributed by atoms with Crippen molar-refractivity contribution in [3.63, 3.8) is 0 Å². The number of carbonyl (C=O) groups is 2. The van der Waals surface area contributed by atoms with Gasteiger partial charge in [0, 0.05) is 12.8 Å². The van der Waals surface area contributed by atoms with Gasteiger partial charge >= 0.3 is 13.8 Å². The average Bonchev–Trinajstić information content (AvgIpc) is 3.24. The first-order valence-electron chi connectivity index (χ1n) is 11.4. The summed E-state index contributed by atoms with van der Waals surface area (Å²) >= 11 is 0. The summed E-state index contributed by atoms with van der Waals surface area (Å²) < 4.78 is 26.7. The predicted octanol–water partition coefficient (Wildman–Crippen LogP) is 4.86. The van der Waals surface area contributed by atoms with Crippen LogP contribution in [0, 0.1) is 5.92 Å². The van der Waals surface area contributed by atoms with Crippen molar-refractivity contribution in [3.8, 4) is 0 Å². The molecule has 0 aromatic carbocycles.